The van der Waals surface area contributed by atoms with Gasteiger partial charge in [0.25, 0.3) is 0 Å². The van der Waals surface area contributed by atoms with Gasteiger partial charge in [-0.2, -0.15) is 34.2 Å². The van der Waals surface area contributed by atoms with E-state index < -0.39 is 53.8 Å². The van der Waals surface area contributed by atoms with E-state index in [-0.39, 0.29) is 27.1 Å². The van der Waals surface area contributed by atoms with Gasteiger partial charge in [0.15, 0.2) is 0 Å². The van der Waals surface area contributed by atoms with Crippen LogP contribution in [0.25, 0.3) is 11.1 Å². The number of methoxy groups -OCH3 is 2. The zero-order chi connectivity index (χ0) is 91.8. The third-order valence-electron chi connectivity index (χ3n) is 18.8. The Hall–Kier alpha value is -5.11. The molecule has 0 spiro atoms. The largest absolute Gasteiger partial charge is 0.665 e. The van der Waals surface area contributed by atoms with Crippen molar-refractivity contribution in [3.63, 3.8) is 0 Å². The minimum atomic E-state index is -0.850. The maximum absolute atomic E-state index is 11.0. The number of aromatic nitrogens is 3. The molecule has 0 fully saturated rings. The average molecular weight is 2290 g/mol. The van der Waals surface area contributed by atoms with Crippen LogP contribution in [0.15, 0.2) is 159 Å². The summed E-state index contributed by atoms with van der Waals surface area (Å²) in [7, 11) is 3.26. The maximum atomic E-state index is 11.0. The molecule has 122 heavy (non-hydrogen) atoms. The van der Waals surface area contributed by atoms with Gasteiger partial charge in [-0.3, -0.25) is 0 Å². The summed E-state index contributed by atoms with van der Waals surface area (Å²) in [6.07, 6.45) is 9.46. The minimum Gasteiger partial charge on any atom is -0.665 e. The van der Waals surface area contributed by atoms with E-state index in [0.29, 0.717) is 62.4 Å². The number of phenols is 3. The molecule has 12 rings (SSSR count). The van der Waals surface area contributed by atoms with Crippen LogP contribution in [-0.4, -0.2) is 42.7 Å². The van der Waals surface area contributed by atoms with Gasteiger partial charge in [0.05, 0.1) is 17.7 Å². The van der Waals surface area contributed by atoms with Crippen molar-refractivity contribution in [2.45, 2.75) is 267 Å². The molecule has 0 unspecified atom stereocenters. The second-order valence-electron chi connectivity index (χ2n) is 36.6. The molecule has 0 atom stereocenters. The van der Waals surface area contributed by atoms with Gasteiger partial charge in [0, 0.05) is 35.4 Å². The molecular weight excluding hydrogens is 2150 g/mol. The number of aryl methyl sites for hydroxylation is 8. The number of halogens is 6. The molecule has 0 amide bonds. The Morgan fingerprint density at radius 1 is 0.426 bits per heavy atom. The quantitative estimate of drug-likeness (QED) is 0.114. The third kappa shape index (κ3) is 38.4. The van der Waals surface area contributed by atoms with Gasteiger partial charge in [0.2, 0.25) is 0 Å². The molecule has 20 heteroatoms. The molecule has 3 aromatic heterocycles. The molecule has 0 radical (unpaired) electrons. The number of aromatic hydroxyl groups is 3. The Labute approximate surface area is 794 Å². The summed E-state index contributed by atoms with van der Waals surface area (Å²) < 4.78 is 33.1. The topological polar surface area (TPSA) is 159 Å². The molecule has 0 bridgehead atoms. The van der Waals surface area contributed by atoms with Crippen molar-refractivity contribution in [1.82, 2.24) is 15.0 Å². The van der Waals surface area contributed by atoms with Gasteiger partial charge >= 0.3 is 345 Å². The Kier molecular flexibility index (Phi) is 46.9. The first-order valence-electron chi connectivity index (χ1n) is 41.7. The number of hydrogen-bond donors (Lipinski definition) is 3. The van der Waals surface area contributed by atoms with E-state index >= 15 is 0 Å². The van der Waals surface area contributed by atoms with Crippen molar-refractivity contribution in [1.29, 1.82) is 0 Å². The second-order valence-corrected chi connectivity index (χ2v) is 46.0. The van der Waals surface area contributed by atoms with Gasteiger partial charge in [-0.1, -0.05) is 172 Å². The van der Waals surface area contributed by atoms with Crippen molar-refractivity contribution in [2.75, 3.05) is 14.2 Å². The van der Waals surface area contributed by atoms with E-state index in [1.54, 1.807) is 14.2 Å². The average Bonchev–Trinajstić information content (AvgIpc) is 0.908. The van der Waals surface area contributed by atoms with Crippen LogP contribution in [-0.2, 0) is 113 Å². The molecule has 2 aliphatic carbocycles. The predicted molar refractivity (Wildman–Crippen MR) is 520 cm³/mol. The first-order chi connectivity index (χ1) is 56.9. The molecule has 666 valence electrons. The molecule has 11 nitrogen and oxygen atoms in total. The number of fused-ring (bicyclic) bond motifs is 2. The number of para-hydroxylation sites is 2. The Morgan fingerprint density at radius 3 is 1.05 bits per heavy atom. The Morgan fingerprint density at radius 2 is 0.746 bits per heavy atom. The second kappa shape index (κ2) is 52.4. The van der Waals surface area contributed by atoms with E-state index in [0.717, 1.165) is 104 Å². The molecule has 3 N–H and O–H groups in total. The smallest absolute Gasteiger partial charge is 0.137 e. The van der Waals surface area contributed by atoms with E-state index in [1.807, 2.05) is 151 Å². The summed E-state index contributed by atoms with van der Waals surface area (Å²) in [6.45, 7) is 56.4. The first kappa shape index (κ1) is 109. The van der Waals surface area contributed by atoms with Crippen molar-refractivity contribution in [2.24, 2.45) is 26.7 Å². The van der Waals surface area contributed by atoms with Gasteiger partial charge < -0.3 is 39.7 Å². The summed E-state index contributed by atoms with van der Waals surface area (Å²) in [5.41, 5.74) is 25.9. The van der Waals surface area contributed by atoms with Crippen LogP contribution in [0.3, 0.4) is 0 Å². The summed E-state index contributed by atoms with van der Waals surface area (Å²) in [4.78, 5) is 12.3. The summed E-state index contributed by atoms with van der Waals surface area (Å²) in [6, 6.07) is 45.7. The normalized spacial score (nSPS) is 12.1. The fourth-order valence-electron chi connectivity index (χ4n) is 12.6. The molecule has 0 saturated heterocycles. The van der Waals surface area contributed by atoms with Gasteiger partial charge in [-0.15, -0.1) is 0 Å². The van der Waals surface area contributed by atoms with Crippen LogP contribution in [0.5, 0.6) is 17.2 Å². The summed E-state index contributed by atoms with van der Waals surface area (Å²) >= 11 is 29.3. The van der Waals surface area contributed by atoms with Crippen LogP contribution >= 0.6 is 78.3 Å². The van der Waals surface area contributed by atoms with Gasteiger partial charge in [-0.05, 0) is 142 Å². The summed E-state index contributed by atoms with van der Waals surface area (Å²) in [5.74, 6) is 2.23. The first-order valence-corrected chi connectivity index (χ1v) is 52.9. The van der Waals surface area contributed by atoms with Crippen molar-refractivity contribution in [3.05, 3.63) is 264 Å². The maximum Gasteiger partial charge on any atom is 0.137 e. The van der Waals surface area contributed by atoms with Gasteiger partial charge in [-0.25, -0.2) is 0 Å². The third-order valence-corrected chi connectivity index (χ3v) is 32.0. The predicted octanol–water partition coefficient (Wildman–Crippen LogP) is 31.3. The molecule has 7 aromatic carbocycles. The fraction of sp³-hybridized carbons (Fsp3) is 0.441. The number of phenolic OH excluding ortho intramolecular Hbond substituents is 3. The van der Waals surface area contributed by atoms with E-state index in [1.165, 1.54) is 80.4 Å². The molecular formula is C102H135Br2Cl4MoN6O5W2-3. The Bertz CT molecular complexity index is 4780. The molecule has 10 aromatic rings. The van der Waals surface area contributed by atoms with Crippen LogP contribution in [0.4, 0.5) is 17.1 Å². The van der Waals surface area contributed by atoms with Crippen molar-refractivity contribution < 1.29 is 78.6 Å². The number of benzene rings is 7. The molecule has 0 saturated carbocycles. The number of ether oxygens (including phenoxy) is 2. The van der Waals surface area contributed by atoms with Crippen molar-refractivity contribution in [3.8, 4) is 28.4 Å². The van der Waals surface area contributed by atoms with Crippen LogP contribution < -0.4 is 15.0 Å². The van der Waals surface area contributed by atoms with Crippen LogP contribution in [0.1, 0.15) is 264 Å². The van der Waals surface area contributed by atoms with E-state index in [4.69, 9.17) is 59.4 Å². The van der Waals surface area contributed by atoms with Crippen molar-refractivity contribution >= 4 is 109 Å². The minimum absolute atomic E-state index is 0.0339. The zero-order valence-electron chi connectivity index (χ0n) is 77.6. The monoisotopic (exact) mass is 2290 g/mol. The van der Waals surface area contributed by atoms with Crippen LogP contribution in [0.2, 0.25) is 20.1 Å². The number of hydrogen-bond acceptors (Lipinski definition) is 8. The van der Waals surface area contributed by atoms with Gasteiger partial charge in [0.1, 0.15) is 17.2 Å². The van der Waals surface area contributed by atoms with E-state index in [9.17, 15) is 15.3 Å². The molecule has 3 heterocycles. The zero-order valence-corrected chi connectivity index (χ0v) is 91.6. The SMILES string of the molecule is CC(C)(C)[CH]=[W]=[N]c1c(Cl)cccc1Cl.CC(C)(C)[CH]=[W]=[N]c1c(Cl)cccc1Cl.CC(C)c1cccc(C(C)C)c1[N]=[Mo]=[CH]C(C)(C)C.COCc1cccc(C(C)(C)C)c1O.COCc1cccc(C(C)(C)C)c1O.Cc1c(Br)cc2c(c1-c1c(O)c(Br)cc3c1CCCC3)CCCC2.Cc1ccc(C)[n-]1.Cc1ccc(C)[n-]1.Cc1ccc(C)[n-]1. The number of rotatable bonds is 10. The van der Waals surface area contributed by atoms with Crippen LogP contribution in [0, 0.1) is 64.7 Å². The molecule has 0 aliphatic heterocycles. The summed E-state index contributed by atoms with van der Waals surface area (Å²) in [5, 5.41) is 33.5. The fourth-order valence-corrected chi connectivity index (χ4v) is 21.9. The van der Waals surface area contributed by atoms with E-state index in [2.05, 4.69) is 236 Å². The Balaban J connectivity index is 0.000000296. The number of nitrogens with zero attached hydrogens (tertiary/aromatic N) is 6. The standard InChI is InChI=1S/C21H22Br2O.C12H17N.2C12H18O2.2C6H3Cl2N.3C6H8N.3C5H10.Mo.2W/c1-12-17(22)10-13-6-2-4-8-15(13)19(12)20-16-9-5-3-7-14(16)11-18(23)21(20)24;1-8(2)10-6-5-7-11(9(3)4)12(10)13;2*1-12(2,3)10-7-5-6-9(8-14-4)11(10)13;2*7-4-2-1-3-5(8)6(4)9;3*1-5-3-4-6(2)7-5;3*1-5(2,3)4;;;/h10-11,24H,2-9H2,1H3;5-9H,1-4H3;2*5-7,13H,8H2,1-4H3;2*1-3H;3*3-4H,1-2H3;3*1H,2-4H3;;;/q;;;;;;3*-1;;;;;;. The molecule has 2 aliphatic rings.